The number of amides is 1. The Bertz CT molecular complexity index is 1390. The number of unbranched alkanes of at least 4 members (excludes halogenated alkanes) is 1. The van der Waals surface area contributed by atoms with E-state index in [9.17, 15) is 10.1 Å². The number of hydrogen-bond acceptors (Lipinski definition) is 6. The van der Waals surface area contributed by atoms with Crippen molar-refractivity contribution in [2.75, 3.05) is 11.1 Å². The quantitative estimate of drug-likeness (QED) is 0.374. The Hall–Kier alpha value is -3.21. The number of aromatic nitrogens is 1. The van der Waals surface area contributed by atoms with Crippen LogP contribution in [0.2, 0.25) is 0 Å². The number of nitrogens with zero attached hydrogens (tertiary/aromatic N) is 2. The zero-order valence-corrected chi connectivity index (χ0v) is 19.3. The molecule has 1 aliphatic carbocycles. The Kier molecular flexibility index (Phi) is 5.41. The zero-order chi connectivity index (χ0) is 22.2. The molecule has 1 aromatic carbocycles. The van der Waals surface area contributed by atoms with Crippen LogP contribution < -0.4 is 11.1 Å². The van der Waals surface area contributed by atoms with Gasteiger partial charge in [0.25, 0.3) is 5.91 Å². The van der Waals surface area contributed by atoms with Gasteiger partial charge in [0.1, 0.15) is 20.8 Å². The summed E-state index contributed by atoms with van der Waals surface area (Å²) in [4.78, 5) is 20.2. The Morgan fingerprint density at radius 2 is 2.06 bits per heavy atom. The maximum Gasteiger partial charge on any atom is 0.268 e. The summed E-state index contributed by atoms with van der Waals surface area (Å²) in [7, 11) is 0. The number of anilines is 2. The molecule has 4 aromatic rings. The smallest absolute Gasteiger partial charge is 0.268 e. The average Bonchev–Trinajstić information content (AvgIpc) is 3.34. The Labute approximate surface area is 194 Å². The molecule has 32 heavy (non-hydrogen) atoms. The largest absolute Gasteiger partial charge is 0.397 e. The standard InChI is InChI=1S/C25H22N4OS2/c1-2-3-7-15-10-12-18-20(27)22(32-24(18)28-15)23(30)29-25-19(13-26)17-11-9-14-6-4-5-8-16(14)21(17)31-25/h4-6,8,10,12H,2-3,7,9,11,27H2,1H3,(H,29,30). The predicted molar refractivity (Wildman–Crippen MR) is 132 cm³/mol. The molecule has 0 fully saturated rings. The molecule has 160 valence electrons. The van der Waals surface area contributed by atoms with Gasteiger partial charge in [0.05, 0.1) is 11.3 Å². The van der Waals surface area contributed by atoms with Crippen molar-refractivity contribution in [1.29, 1.82) is 5.26 Å². The maximum absolute atomic E-state index is 13.2. The molecule has 0 bridgehead atoms. The number of nitrogens with one attached hydrogen (secondary N) is 1. The first-order valence-electron chi connectivity index (χ1n) is 10.7. The van der Waals surface area contributed by atoms with E-state index < -0.39 is 0 Å². The third-order valence-corrected chi connectivity index (χ3v) is 8.19. The Morgan fingerprint density at radius 3 is 2.88 bits per heavy atom. The summed E-state index contributed by atoms with van der Waals surface area (Å²) in [6, 6.07) is 14.5. The number of fused-ring (bicyclic) bond motifs is 4. The van der Waals surface area contributed by atoms with E-state index in [0.29, 0.717) is 21.1 Å². The van der Waals surface area contributed by atoms with Crippen molar-refractivity contribution in [3.05, 3.63) is 63.7 Å². The maximum atomic E-state index is 13.2. The van der Waals surface area contributed by atoms with E-state index in [-0.39, 0.29) is 5.91 Å². The normalized spacial score (nSPS) is 12.2. The van der Waals surface area contributed by atoms with Crippen LogP contribution in [0.5, 0.6) is 0 Å². The second-order valence-corrected chi connectivity index (χ2v) is 9.96. The summed E-state index contributed by atoms with van der Waals surface area (Å²) in [5.41, 5.74) is 11.8. The van der Waals surface area contributed by atoms with E-state index in [1.165, 1.54) is 28.2 Å². The molecule has 3 aromatic heterocycles. The molecule has 0 saturated carbocycles. The van der Waals surface area contributed by atoms with Crippen LogP contribution in [0.3, 0.4) is 0 Å². The Balaban J connectivity index is 1.48. The summed E-state index contributed by atoms with van der Waals surface area (Å²) < 4.78 is 0. The van der Waals surface area contributed by atoms with Crippen molar-refractivity contribution in [3.8, 4) is 16.5 Å². The summed E-state index contributed by atoms with van der Waals surface area (Å²) in [5.74, 6) is -0.288. The average molecular weight is 459 g/mol. The highest BCUT2D eigenvalue weighted by molar-refractivity contribution is 7.22. The lowest BCUT2D eigenvalue weighted by Crippen LogP contribution is -2.12. The van der Waals surface area contributed by atoms with Crippen molar-refractivity contribution >= 4 is 49.5 Å². The van der Waals surface area contributed by atoms with E-state index in [1.54, 1.807) is 0 Å². The van der Waals surface area contributed by atoms with E-state index in [0.717, 1.165) is 64.0 Å². The molecule has 5 rings (SSSR count). The molecule has 0 atom stereocenters. The molecule has 0 saturated heterocycles. The van der Waals surface area contributed by atoms with Gasteiger partial charge in [-0.3, -0.25) is 4.79 Å². The number of aryl methyl sites for hydroxylation is 2. The molecule has 3 heterocycles. The number of benzene rings is 1. The van der Waals surface area contributed by atoms with Gasteiger partial charge in [-0.1, -0.05) is 37.6 Å². The summed E-state index contributed by atoms with van der Waals surface area (Å²) in [6.07, 6.45) is 4.81. The van der Waals surface area contributed by atoms with Gasteiger partial charge in [-0.25, -0.2) is 4.98 Å². The van der Waals surface area contributed by atoms with Crippen LogP contribution in [0.25, 0.3) is 20.7 Å². The highest BCUT2D eigenvalue weighted by Crippen LogP contribution is 2.45. The molecule has 3 N–H and O–H groups in total. The number of carbonyl (C=O) groups is 1. The molecule has 1 amide bonds. The summed E-state index contributed by atoms with van der Waals surface area (Å²) in [5, 5.41) is 14.2. The minimum Gasteiger partial charge on any atom is -0.397 e. The molecule has 5 nitrogen and oxygen atoms in total. The topological polar surface area (TPSA) is 91.8 Å². The van der Waals surface area contributed by atoms with Gasteiger partial charge >= 0.3 is 0 Å². The van der Waals surface area contributed by atoms with Gasteiger partial charge in [0.2, 0.25) is 0 Å². The highest BCUT2D eigenvalue weighted by atomic mass is 32.1. The number of nitrogen functional groups attached to an aromatic ring is 1. The molecule has 0 aliphatic heterocycles. The molecule has 0 radical (unpaired) electrons. The number of hydrogen-bond donors (Lipinski definition) is 2. The fraction of sp³-hybridized carbons (Fsp3) is 0.240. The van der Waals surface area contributed by atoms with Crippen molar-refractivity contribution in [2.24, 2.45) is 0 Å². The summed E-state index contributed by atoms with van der Waals surface area (Å²) >= 11 is 2.78. The van der Waals surface area contributed by atoms with Crippen LogP contribution in [0, 0.1) is 11.3 Å². The van der Waals surface area contributed by atoms with Crippen LogP contribution in [-0.2, 0) is 19.3 Å². The van der Waals surface area contributed by atoms with Crippen LogP contribution in [0.15, 0.2) is 36.4 Å². The van der Waals surface area contributed by atoms with E-state index in [4.69, 9.17) is 10.7 Å². The molecule has 7 heteroatoms. The fourth-order valence-corrected chi connectivity index (χ4v) is 6.47. The number of thiophene rings is 2. The SMILES string of the molecule is CCCCc1ccc2c(N)c(C(=O)Nc3sc4c(c3C#N)CCc3ccccc3-4)sc2n1. The van der Waals surface area contributed by atoms with Crippen LogP contribution in [0.1, 0.15) is 51.8 Å². The van der Waals surface area contributed by atoms with Crippen molar-refractivity contribution in [1.82, 2.24) is 4.98 Å². The zero-order valence-electron chi connectivity index (χ0n) is 17.7. The number of carbonyl (C=O) groups excluding carboxylic acids is 1. The first kappa shape index (κ1) is 20.7. The first-order chi connectivity index (χ1) is 15.6. The van der Waals surface area contributed by atoms with Gasteiger partial charge in [-0.2, -0.15) is 5.26 Å². The highest BCUT2D eigenvalue weighted by Gasteiger charge is 2.26. The lowest BCUT2D eigenvalue weighted by atomic mass is 9.90. The molecular weight excluding hydrogens is 436 g/mol. The molecule has 0 unspecified atom stereocenters. The van der Waals surface area contributed by atoms with E-state index in [2.05, 4.69) is 30.4 Å². The van der Waals surface area contributed by atoms with Gasteiger partial charge < -0.3 is 11.1 Å². The minimum absolute atomic E-state index is 0.288. The third-order valence-electron chi connectivity index (χ3n) is 5.90. The lowest BCUT2D eigenvalue weighted by Gasteiger charge is -2.15. The third kappa shape index (κ3) is 3.46. The predicted octanol–water partition coefficient (Wildman–Crippen LogP) is 6.17. The van der Waals surface area contributed by atoms with Gasteiger partial charge in [0, 0.05) is 16.0 Å². The lowest BCUT2D eigenvalue weighted by molar-refractivity contribution is 0.103. The molecule has 0 spiro atoms. The van der Waals surface area contributed by atoms with Crippen LogP contribution in [-0.4, -0.2) is 10.9 Å². The second-order valence-electron chi connectivity index (χ2n) is 7.94. The first-order valence-corrected chi connectivity index (χ1v) is 12.4. The van der Waals surface area contributed by atoms with Gasteiger partial charge in [-0.05, 0) is 54.5 Å². The number of nitriles is 1. The van der Waals surface area contributed by atoms with Gasteiger partial charge in [0.15, 0.2) is 0 Å². The molecule has 1 aliphatic rings. The van der Waals surface area contributed by atoms with Crippen LogP contribution >= 0.6 is 22.7 Å². The second kappa shape index (κ2) is 8.38. The van der Waals surface area contributed by atoms with Crippen LogP contribution in [0.4, 0.5) is 10.7 Å². The van der Waals surface area contributed by atoms with Crippen molar-refractivity contribution in [2.45, 2.75) is 39.0 Å². The fourth-order valence-electron chi connectivity index (χ4n) is 4.21. The van der Waals surface area contributed by atoms with E-state index in [1.807, 2.05) is 24.3 Å². The minimum atomic E-state index is -0.288. The van der Waals surface area contributed by atoms with E-state index >= 15 is 0 Å². The van der Waals surface area contributed by atoms with Crippen molar-refractivity contribution in [3.63, 3.8) is 0 Å². The van der Waals surface area contributed by atoms with Gasteiger partial charge in [-0.15, -0.1) is 22.7 Å². The monoisotopic (exact) mass is 458 g/mol. The summed E-state index contributed by atoms with van der Waals surface area (Å²) in [6.45, 7) is 2.15. The van der Waals surface area contributed by atoms with Crippen molar-refractivity contribution < 1.29 is 4.79 Å². The number of pyridine rings is 1. The number of nitrogens with two attached hydrogens (primary N) is 1. The Morgan fingerprint density at radius 1 is 1.22 bits per heavy atom. The molecular formula is C25H22N4OS2. The number of rotatable bonds is 5.